The lowest BCUT2D eigenvalue weighted by Gasteiger charge is -1.89. The van der Waals surface area contributed by atoms with Crippen molar-refractivity contribution in [2.75, 3.05) is 5.73 Å². The van der Waals surface area contributed by atoms with E-state index < -0.39 is 0 Å². The lowest BCUT2D eigenvalue weighted by atomic mass is 10.3. The van der Waals surface area contributed by atoms with E-state index in [2.05, 4.69) is 11.1 Å². The van der Waals surface area contributed by atoms with Crippen LogP contribution in [0.2, 0.25) is 0 Å². The molecule has 0 unspecified atom stereocenters. The Morgan fingerprint density at radius 1 is 1.75 bits per heavy atom. The summed E-state index contributed by atoms with van der Waals surface area (Å²) >= 11 is 0. The van der Waals surface area contributed by atoms with Gasteiger partial charge in [0.1, 0.15) is 5.82 Å². The Morgan fingerprint density at radius 2 is 2.50 bits per heavy atom. The zero-order valence-corrected chi connectivity index (χ0v) is 4.68. The Bertz CT molecular complexity index is 166. The normalized spacial score (nSPS) is 9.12. The maximum atomic E-state index is 5.33. The fourth-order valence-corrected chi connectivity index (χ4v) is 0.509. The second-order valence-electron chi connectivity index (χ2n) is 1.65. The van der Waals surface area contributed by atoms with Crippen LogP contribution in [0.5, 0.6) is 0 Å². The summed E-state index contributed by atoms with van der Waals surface area (Å²) in [5, 5.41) is 0. The highest BCUT2D eigenvalue weighted by atomic mass is 14.8. The molecule has 0 amide bonds. The van der Waals surface area contributed by atoms with Crippen molar-refractivity contribution in [1.82, 2.24) is 4.98 Å². The van der Waals surface area contributed by atoms with Crippen molar-refractivity contribution < 1.29 is 0 Å². The largest absolute Gasteiger partial charge is 0.384 e. The Hall–Kier alpha value is -1.05. The average Bonchev–Trinajstić information content (AvgIpc) is 1.64. The number of hydrogen-bond acceptors (Lipinski definition) is 2. The molecule has 0 fully saturated rings. The number of nitrogen functional groups attached to an aromatic ring is 1. The zero-order valence-electron chi connectivity index (χ0n) is 4.68. The number of aromatic nitrogens is 1. The predicted octanol–water partition coefficient (Wildman–Crippen LogP) is 0.772. The number of pyridine rings is 1. The molecule has 0 aromatic carbocycles. The highest BCUT2D eigenvalue weighted by Crippen LogP contribution is 1.97. The molecule has 2 nitrogen and oxygen atoms in total. The first-order valence-electron chi connectivity index (χ1n) is 2.39. The second-order valence-corrected chi connectivity index (χ2v) is 1.65. The van der Waals surface area contributed by atoms with Crippen LogP contribution in [0.3, 0.4) is 0 Å². The van der Waals surface area contributed by atoms with Crippen molar-refractivity contribution in [3.63, 3.8) is 0 Å². The van der Waals surface area contributed by atoms with E-state index in [1.807, 2.05) is 6.92 Å². The van der Waals surface area contributed by atoms with Crippen LogP contribution in [0.1, 0.15) is 5.56 Å². The summed E-state index contributed by atoms with van der Waals surface area (Å²) in [6.45, 7) is 1.93. The minimum Gasteiger partial charge on any atom is -0.384 e. The van der Waals surface area contributed by atoms with Crippen LogP contribution in [0.4, 0.5) is 5.82 Å². The third-order valence-corrected chi connectivity index (χ3v) is 0.870. The van der Waals surface area contributed by atoms with Crippen molar-refractivity contribution in [3.8, 4) is 0 Å². The summed E-state index contributed by atoms with van der Waals surface area (Å²) in [6, 6.07) is 4.66. The van der Waals surface area contributed by atoms with Gasteiger partial charge in [0.25, 0.3) is 0 Å². The molecule has 0 saturated carbocycles. The van der Waals surface area contributed by atoms with Crippen molar-refractivity contribution in [3.05, 3.63) is 23.9 Å². The zero-order chi connectivity index (χ0) is 5.98. The van der Waals surface area contributed by atoms with Crippen molar-refractivity contribution in [2.45, 2.75) is 6.92 Å². The molecule has 0 bridgehead atoms. The van der Waals surface area contributed by atoms with Crippen LogP contribution in [0.25, 0.3) is 0 Å². The van der Waals surface area contributed by atoms with E-state index in [0.29, 0.717) is 5.82 Å². The summed E-state index contributed by atoms with van der Waals surface area (Å²) < 4.78 is 0. The number of rotatable bonds is 0. The van der Waals surface area contributed by atoms with E-state index in [1.165, 1.54) is 0 Å². The van der Waals surface area contributed by atoms with Crippen molar-refractivity contribution >= 4 is 5.82 Å². The standard InChI is InChI=1S/C6H7N2/c1-5-2-3-8-6(7)4-5/h3-4H,1H3,(H2,7,8). The van der Waals surface area contributed by atoms with Gasteiger partial charge in [-0.05, 0) is 18.6 Å². The maximum absolute atomic E-state index is 5.33. The quantitative estimate of drug-likeness (QED) is 0.532. The molecular weight excluding hydrogens is 100 g/mol. The topological polar surface area (TPSA) is 38.9 Å². The fraction of sp³-hybridized carbons (Fsp3) is 0.167. The SMILES string of the molecule is Cc1[c]cnc(N)c1. The lowest BCUT2D eigenvalue weighted by Crippen LogP contribution is -1.88. The molecule has 0 aliphatic rings. The Balaban J connectivity index is 3.08. The van der Waals surface area contributed by atoms with Gasteiger partial charge in [-0.15, -0.1) is 0 Å². The third-order valence-electron chi connectivity index (χ3n) is 0.870. The lowest BCUT2D eigenvalue weighted by molar-refractivity contribution is 1.29. The second kappa shape index (κ2) is 1.82. The van der Waals surface area contributed by atoms with E-state index >= 15 is 0 Å². The molecule has 1 radical (unpaired) electrons. The molecule has 2 heteroatoms. The van der Waals surface area contributed by atoms with Gasteiger partial charge in [-0.1, -0.05) is 0 Å². The number of nitrogens with zero attached hydrogens (tertiary/aromatic N) is 1. The molecule has 1 aromatic heterocycles. The van der Waals surface area contributed by atoms with Crippen LogP contribution in [-0.4, -0.2) is 4.98 Å². The van der Waals surface area contributed by atoms with Gasteiger partial charge in [0, 0.05) is 12.3 Å². The molecule has 8 heavy (non-hydrogen) atoms. The number of anilines is 1. The van der Waals surface area contributed by atoms with Crippen LogP contribution in [-0.2, 0) is 0 Å². The first-order chi connectivity index (χ1) is 3.79. The van der Waals surface area contributed by atoms with Crippen LogP contribution in [0.15, 0.2) is 12.3 Å². The summed E-state index contributed by atoms with van der Waals surface area (Å²) in [7, 11) is 0. The first kappa shape index (κ1) is 5.09. The maximum Gasteiger partial charge on any atom is 0.123 e. The summed E-state index contributed by atoms with van der Waals surface area (Å²) in [4.78, 5) is 3.76. The molecule has 0 spiro atoms. The molecule has 0 atom stereocenters. The van der Waals surface area contributed by atoms with E-state index in [4.69, 9.17) is 5.73 Å². The Kier molecular flexibility index (Phi) is 1.16. The molecule has 2 N–H and O–H groups in total. The van der Waals surface area contributed by atoms with Gasteiger partial charge in [-0.25, -0.2) is 4.98 Å². The molecule has 0 saturated heterocycles. The van der Waals surface area contributed by atoms with Gasteiger partial charge in [0.15, 0.2) is 0 Å². The van der Waals surface area contributed by atoms with Gasteiger partial charge in [-0.2, -0.15) is 0 Å². The molecule has 41 valence electrons. The summed E-state index contributed by atoms with van der Waals surface area (Å²) in [5.74, 6) is 0.557. The summed E-state index contributed by atoms with van der Waals surface area (Å²) in [5.41, 5.74) is 6.35. The molecule has 1 aromatic rings. The van der Waals surface area contributed by atoms with E-state index in [-0.39, 0.29) is 0 Å². The molecule has 1 rings (SSSR count). The molecule has 1 heterocycles. The highest BCUT2D eigenvalue weighted by molar-refractivity contribution is 5.29. The molecule has 0 aliphatic heterocycles. The number of aryl methyl sites for hydroxylation is 1. The minimum absolute atomic E-state index is 0.557. The monoisotopic (exact) mass is 107 g/mol. The predicted molar refractivity (Wildman–Crippen MR) is 32.2 cm³/mol. The van der Waals surface area contributed by atoms with Crippen LogP contribution in [0, 0.1) is 13.0 Å². The Labute approximate surface area is 48.4 Å². The third kappa shape index (κ3) is 0.964. The molecular formula is C6H7N2. The highest BCUT2D eigenvalue weighted by Gasteiger charge is 1.83. The van der Waals surface area contributed by atoms with E-state index in [9.17, 15) is 0 Å². The van der Waals surface area contributed by atoms with E-state index in [0.717, 1.165) is 5.56 Å². The van der Waals surface area contributed by atoms with Gasteiger partial charge in [0.05, 0.1) is 0 Å². The van der Waals surface area contributed by atoms with Gasteiger partial charge >= 0.3 is 0 Å². The van der Waals surface area contributed by atoms with E-state index in [1.54, 1.807) is 12.3 Å². The smallest absolute Gasteiger partial charge is 0.123 e. The number of nitrogens with two attached hydrogens (primary N) is 1. The molecule has 0 aliphatic carbocycles. The minimum atomic E-state index is 0.557. The van der Waals surface area contributed by atoms with Crippen molar-refractivity contribution in [2.24, 2.45) is 0 Å². The van der Waals surface area contributed by atoms with Crippen LogP contribution >= 0.6 is 0 Å². The van der Waals surface area contributed by atoms with Crippen molar-refractivity contribution in [1.29, 1.82) is 0 Å². The van der Waals surface area contributed by atoms with Gasteiger partial charge in [0.2, 0.25) is 0 Å². The van der Waals surface area contributed by atoms with Crippen LogP contribution < -0.4 is 5.73 Å². The average molecular weight is 107 g/mol. The number of hydrogen-bond donors (Lipinski definition) is 1. The Morgan fingerprint density at radius 3 is 2.88 bits per heavy atom. The summed E-state index contributed by atoms with van der Waals surface area (Å²) in [6.07, 6.45) is 1.57. The fourth-order valence-electron chi connectivity index (χ4n) is 0.509. The first-order valence-corrected chi connectivity index (χ1v) is 2.39. The van der Waals surface area contributed by atoms with Gasteiger partial charge in [-0.3, -0.25) is 0 Å². The van der Waals surface area contributed by atoms with Gasteiger partial charge < -0.3 is 5.73 Å².